The van der Waals surface area contributed by atoms with Gasteiger partial charge in [-0.3, -0.25) is 4.79 Å². The van der Waals surface area contributed by atoms with Gasteiger partial charge in [-0.1, -0.05) is 36.9 Å². The summed E-state index contributed by atoms with van der Waals surface area (Å²) >= 11 is 1.32. The molecule has 7 heteroatoms. The third-order valence-electron chi connectivity index (χ3n) is 2.79. The van der Waals surface area contributed by atoms with E-state index in [9.17, 15) is 4.79 Å². The molecule has 0 saturated carbocycles. The molecular weight excluding hydrogens is 274 g/mol. The van der Waals surface area contributed by atoms with Gasteiger partial charge in [0.25, 0.3) is 0 Å². The van der Waals surface area contributed by atoms with Crippen molar-refractivity contribution in [1.29, 1.82) is 0 Å². The number of aromatic nitrogens is 4. The van der Waals surface area contributed by atoms with Crippen LogP contribution in [0.4, 0.5) is 0 Å². The number of nitrogens with zero attached hydrogens (tertiary/aromatic N) is 4. The van der Waals surface area contributed by atoms with Crippen molar-refractivity contribution in [2.75, 3.05) is 5.75 Å². The van der Waals surface area contributed by atoms with E-state index in [2.05, 4.69) is 20.8 Å². The number of hydrogen-bond donors (Lipinski definition) is 1. The minimum atomic E-state index is -0.00744. The Balaban J connectivity index is 1.98. The molecule has 0 bridgehead atoms. The van der Waals surface area contributed by atoms with Crippen molar-refractivity contribution in [2.24, 2.45) is 0 Å². The fourth-order valence-electron chi connectivity index (χ4n) is 1.55. The summed E-state index contributed by atoms with van der Waals surface area (Å²) in [5, 5.41) is 15.1. The third-order valence-corrected chi connectivity index (χ3v) is 3.71. The quantitative estimate of drug-likeness (QED) is 0.820. The maximum Gasteiger partial charge on any atom is 0.230 e. The van der Waals surface area contributed by atoms with Crippen LogP contribution in [0.25, 0.3) is 5.69 Å². The Hall–Kier alpha value is -1.89. The van der Waals surface area contributed by atoms with Gasteiger partial charge >= 0.3 is 0 Å². The predicted molar refractivity (Wildman–Crippen MR) is 77.8 cm³/mol. The number of thioether (sulfide) groups is 1. The van der Waals surface area contributed by atoms with Gasteiger partial charge < -0.3 is 5.32 Å². The van der Waals surface area contributed by atoms with Crippen LogP contribution >= 0.6 is 11.8 Å². The first-order valence-electron chi connectivity index (χ1n) is 6.46. The normalized spacial score (nSPS) is 12.1. The monoisotopic (exact) mass is 291 g/mol. The minimum absolute atomic E-state index is 0.00744. The predicted octanol–water partition coefficient (Wildman–Crippen LogP) is 1.67. The number of tetrazole rings is 1. The number of rotatable bonds is 6. The van der Waals surface area contributed by atoms with Gasteiger partial charge in [0.1, 0.15) is 0 Å². The van der Waals surface area contributed by atoms with Crippen LogP contribution in [-0.4, -0.2) is 37.9 Å². The average Bonchev–Trinajstić information content (AvgIpc) is 2.94. The van der Waals surface area contributed by atoms with E-state index in [0.29, 0.717) is 10.9 Å². The maximum atomic E-state index is 11.7. The van der Waals surface area contributed by atoms with Gasteiger partial charge in [0.15, 0.2) is 0 Å². The molecular formula is C13H17N5OS. The number of carbonyl (C=O) groups is 1. The van der Waals surface area contributed by atoms with E-state index in [1.807, 2.05) is 44.2 Å². The number of para-hydroxylation sites is 1. The van der Waals surface area contributed by atoms with E-state index in [1.54, 1.807) is 4.68 Å². The highest BCUT2D eigenvalue weighted by molar-refractivity contribution is 7.99. The summed E-state index contributed by atoms with van der Waals surface area (Å²) in [6.45, 7) is 4.02. The molecule has 0 radical (unpaired) electrons. The van der Waals surface area contributed by atoms with Gasteiger partial charge in [-0.25, -0.2) is 0 Å². The molecule has 2 rings (SSSR count). The molecule has 0 saturated heterocycles. The van der Waals surface area contributed by atoms with Crippen molar-refractivity contribution in [3.8, 4) is 5.69 Å². The van der Waals surface area contributed by atoms with Crippen molar-refractivity contribution in [2.45, 2.75) is 31.5 Å². The zero-order chi connectivity index (χ0) is 14.4. The highest BCUT2D eigenvalue weighted by Crippen LogP contribution is 2.17. The molecule has 2 aromatic rings. The Morgan fingerprint density at radius 1 is 1.40 bits per heavy atom. The van der Waals surface area contributed by atoms with Crippen molar-refractivity contribution < 1.29 is 4.79 Å². The third kappa shape index (κ3) is 3.80. The van der Waals surface area contributed by atoms with Crippen LogP contribution < -0.4 is 5.32 Å². The van der Waals surface area contributed by atoms with Gasteiger partial charge in [-0.2, -0.15) is 4.68 Å². The van der Waals surface area contributed by atoms with Crippen LogP contribution in [0.2, 0.25) is 0 Å². The van der Waals surface area contributed by atoms with Crippen LogP contribution in [0.1, 0.15) is 20.3 Å². The molecule has 1 unspecified atom stereocenters. The lowest BCUT2D eigenvalue weighted by Crippen LogP contribution is -2.33. The Morgan fingerprint density at radius 2 is 2.15 bits per heavy atom. The summed E-state index contributed by atoms with van der Waals surface area (Å²) in [7, 11) is 0. The number of benzene rings is 1. The molecule has 6 nitrogen and oxygen atoms in total. The molecule has 1 heterocycles. The second kappa shape index (κ2) is 7.04. The molecule has 0 aliphatic carbocycles. The molecule has 1 aromatic carbocycles. The van der Waals surface area contributed by atoms with E-state index < -0.39 is 0 Å². The highest BCUT2D eigenvalue weighted by Gasteiger charge is 2.12. The summed E-state index contributed by atoms with van der Waals surface area (Å²) in [6.07, 6.45) is 0.915. The fourth-order valence-corrected chi connectivity index (χ4v) is 2.25. The second-order valence-corrected chi connectivity index (χ2v) is 5.32. The number of carbonyl (C=O) groups excluding carboxylic acids is 1. The molecule has 1 N–H and O–H groups in total. The van der Waals surface area contributed by atoms with E-state index in [0.717, 1.165) is 12.1 Å². The van der Waals surface area contributed by atoms with Crippen LogP contribution in [0, 0.1) is 0 Å². The largest absolute Gasteiger partial charge is 0.353 e. The van der Waals surface area contributed by atoms with Gasteiger partial charge in [-0.05, 0) is 35.9 Å². The molecule has 20 heavy (non-hydrogen) atoms. The molecule has 1 aromatic heterocycles. The number of hydrogen-bond acceptors (Lipinski definition) is 5. The zero-order valence-electron chi connectivity index (χ0n) is 11.5. The summed E-state index contributed by atoms with van der Waals surface area (Å²) in [4.78, 5) is 11.7. The van der Waals surface area contributed by atoms with E-state index >= 15 is 0 Å². The zero-order valence-corrected chi connectivity index (χ0v) is 12.3. The molecule has 0 fully saturated rings. The first-order valence-corrected chi connectivity index (χ1v) is 7.45. The van der Waals surface area contributed by atoms with Crippen molar-refractivity contribution in [3.63, 3.8) is 0 Å². The molecule has 106 valence electrons. The highest BCUT2D eigenvalue weighted by atomic mass is 32.2. The van der Waals surface area contributed by atoms with Gasteiger partial charge in [0.2, 0.25) is 11.1 Å². The topological polar surface area (TPSA) is 72.7 Å². The van der Waals surface area contributed by atoms with Crippen LogP contribution in [0.3, 0.4) is 0 Å². The lowest BCUT2D eigenvalue weighted by molar-refractivity contribution is -0.119. The second-order valence-electron chi connectivity index (χ2n) is 4.37. The van der Waals surface area contributed by atoms with E-state index in [4.69, 9.17) is 0 Å². The lowest BCUT2D eigenvalue weighted by atomic mass is 10.3. The Morgan fingerprint density at radius 3 is 2.85 bits per heavy atom. The van der Waals surface area contributed by atoms with Crippen LogP contribution in [-0.2, 0) is 4.79 Å². The Kier molecular flexibility index (Phi) is 5.11. The minimum Gasteiger partial charge on any atom is -0.353 e. The Bertz CT molecular complexity index is 557. The fraction of sp³-hybridized carbons (Fsp3) is 0.385. The lowest BCUT2D eigenvalue weighted by Gasteiger charge is -2.10. The Labute approximate surface area is 121 Å². The van der Waals surface area contributed by atoms with Crippen LogP contribution in [0.15, 0.2) is 35.5 Å². The number of amides is 1. The van der Waals surface area contributed by atoms with Crippen molar-refractivity contribution in [3.05, 3.63) is 30.3 Å². The first-order chi connectivity index (χ1) is 9.70. The molecule has 1 amide bonds. The molecule has 0 aliphatic heterocycles. The molecule has 0 spiro atoms. The molecule has 1 atom stereocenters. The molecule has 0 aliphatic rings. The van der Waals surface area contributed by atoms with Crippen LogP contribution in [0.5, 0.6) is 0 Å². The first kappa shape index (κ1) is 14.5. The standard InChI is InChI=1S/C13H17N5OS/c1-3-10(2)14-12(19)9-20-13-15-16-17-18(13)11-7-5-4-6-8-11/h4-8,10H,3,9H2,1-2H3,(H,14,19). The van der Waals surface area contributed by atoms with Gasteiger partial charge in [-0.15, -0.1) is 5.10 Å². The maximum absolute atomic E-state index is 11.7. The van der Waals surface area contributed by atoms with Gasteiger partial charge in [0.05, 0.1) is 11.4 Å². The summed E-state index contributed by atoms with van der Waals surface area (Å²) in [5.74, 6) is 0.296. The van der Waals surface area contributed by atoms with Crippen molar-refractivity contribution >= 4 is 17.7 Å². The SMILES string of the molecule is CCC(C)NC(=O)CSc1nnnn1-c1ccccc1. The number of nitrogens with one attached hydrogen (secondary N) is 1. The summed E-state index contributed by atoms with van der Waals surface area (Å²) < 4.78 is 1.63. The summed E-state index contributed by atoms with van der Waals surface area (Å²) in [6, 6.07) is 9.79. The van der Waals surface area contributed by atoms with E-state index in [-0.39, 0.29) is 11.9 Å². The van der Waals surface area contributed by atoms with E-state index in [1.165, 1.54) is 11.8 Å². The average molecular weight is 291 g/mol. The van der Waals surface area contributed by atoms with Crippen molar-refractivity contribution in [1.82, 2.24) is 25.5 Å². The smallest absolute Gasteiger partial charge is 0.230 e. The summed E-state index contributed by atoms with van der Waals surface area (Å²) in [5.41, 5.74) is 0.877. The van der Waals surface area contributed by atoms with Gasteiger partial charge in [0, 0.05) is 6.04 Å².